The Hall–Kier alpha value is -1.14. The molecule has 96 valence electrons. The van der Waals surface area contributed by atoms with Gasteiger partial charge in [-0.2, -0.15) is 0 Å². The molecule has 1 aliphatic heterocycles. The van der Waals surface area contributed by atoms with Crippen LogP contribution in [0.4, 0.5) is 5.69 Å². The van der Waals surface area contributed by atoms with Crippen LogP contribution < -0.4 is 0 Å². The number of benzene rings is 1. The van der Waals surface area contributed by atoms with Crippen LogP contribution in [0.3, 0.4) is 0 Å². The van der Waals surface area contributed by atoms with E-state index in [2.05, 4.69) is 4.90 Å². The van der Waals surface area contributed by atoms with Crippen LogP contribution in [-0.4, -0.2) is 27.2 Å². The standard InChI is InChI=1S/C12H14N2O2S2/c15-14(16)11-6-2-1-5-10(11)9-18-12(17)13-7-3-4-8-13/h1-2,5-6H,3-4,7-9H2. The molecule has 6 heteroatoms. The number of thioether (sulfide) groups is 1. The Kier molecular flexibility index (Phi) is 4.54. The number of likely N-dealkylation sites (tertiary alicyclic amines) is 1. The zero-order valence-corrected chi connectivity index (χ0v) is 11.5. The number of nitro benzene ring substituents is 1. The topological polar surface area (TPSA) is 46.4 Å². The SMILES string of the molecule is O=[N+]([O-])c1ccccc1CSC(=S)N1CCCC1. The van der Waals surface area contributed by atoms with Gasteiger partial charge >= 0.3 is 0 Å². The molecule has 1 aromatic carbocycles. The summed E-state index contributed by atoms with van der Waals surface area (Å²) < 4.78 is 0.852. The van der Waals surface area contributed by atoms with E-state index in [0.717, 1.165) is 23.0 Å². The fraction of sp³-hybridized carbons (Fsp3) is 0.417. The highest BCUT2D eigenvalue weighted by Gasteiger charge is 2.17. The smallest absolute Gasteiger partial charge is 0.273 e. The number of thiocarbonyl (C=S) groups is 1. The first kappa shape index (κ1) is 13.3. The zero-order valence-electron chi connectivity index (χ0n) is 9.87. The summed E-state index contributed by atoms with van der Waals surface area (Å²) in [5, 5.41) is 10.9. The lowest BCUT2D eigenvalue weighted by atomic mass is 10.2. The average Bonchev–Trinajstić information content (AvgIpc) is 2.90. The Balaban J connectivity index is 1.97. The number of nitrogens with zero attached hydrogens (tertiary/aromatic N) is 2. The van der Waals surface area contributed by atoms with Crippen molar-refractivity contribution >= 4 is 34.0 Å². The van der Waals surface area contributed by atoms with Crippen molar-refractivity contribution in [3.05, 3.63) is 39.9 Å². The first-order valence-corrected chi connectivity index (χ1v) is 7.22. The fourth-order valence-electron chi connectivity index (χ4n) is 1.94. The van der Waals surface area contributed by atoms with Gasteiger partial charge in [-0.05, 0) is 12.8 Å². The van der Waals surface area contributed by atoms with Crippen LogP contribution in [0, 0.1) is 10.1 Å². The molecule has 0 atom stereocenters. The van der Waals surface area contributed by atoms with Crippen LogP contribution >= 0.6 is 24.0 Å². The fourth-order valence-corrected chi connectivity index (χ4v) is 3.19. The molecule has 1 heterocycles. The molecule has 0 saturated carbocycles. The number of nitro groups is 1. The van der Waals surface area contributed by atoms with Crippen LogP contribution in [-0.2, 0) is 5.75 Å². The van der Waals surface area contributed by atoms with Gasteiger partial charge in [-0.25, -0.2) is 0 Å². The van der Waals surface area contributed by atoms with Gasteiger partial charge in [0.2, 0.25) is 0 Å². The largest absolute Gasteiger partial charge is 0.358 e. The molecule has 18 heavy (non-hydrogen) atoms. The molecule has 0 N–H and O–H groups in total. The van der Waals surface area contributed by atoms with Crippen molar-refractivity contribution in [2.75, 3.05) is 13.1 Å². The third-order valence-corrected chi connectivity index (χ3v) is 4.48. The number of rotatable bonds is 3. The first-order valence-electron chi connectivity index (χ1n) is 5.82. The summed E-state index contributed by atoms with van der Waals surface area (Å²) in [6.07, 6.45) is 2.37. The summed E-state index contributed by atoms with van der Waals surface area (Å²) in [5.41, 5.74) is 0.906. The van der Waals surface area contributed by atoms with Gasteiger partial charge in [-0.3, -0.25) is 10.1 Å². The molecule has 0 amide bonds. The van der Waals surface area contributed by atoms with Crippen molar-refractivity contribution in [2.24, 2.45) is 0 Å². The lowest BCUT2D eigenvalue weighted by molar-refractivity contribution is -0.385. The minimum Gasteiger partial charge on any atom is -0.358 e. The van der Waals surface area contributed by atoms with E-state index >= 15 is 0 Å². The van der Waals surface area contributed by atoms with Crippen LogP contribution in [0.1, 0.15) is 18.4 Å². The Morgan fingerprint density at radius 3 is 2.72 bits per heavy atom. The van der Waals surface area contributed by atoms with E-state index in [1.165, 1.54) is 30.7 Å². The van der Waals surface area contributed by atoms with Crippen molar-refractivity contribution in [1.29, 1.82) is 0 Å². The van der Waals surface area contributed by atoms with Gasteiger partial charge in [-0.1, -0.05) is 42.2 Å². The van der Waals surface area contributed by atoms with Gasteiger partial charge in [-0.15, -0.1) is 0 Å². The van der Waals surface area contributed by atoms with E-state index in [9.17, 15) is 10.1 Å². The number of para-hydroxylation sites is 1. The summed E-state index contributed by atoms with van der Waals surface area (Å²) in [6, 6.07) is 6.83. The zero-order chi connectivity index (χ0) is 13.0. The Bertz CT molecular complexity index is 459. The summed E-state index contributed by atoms with van der Waals surface area (Å²) in [7, 11) is 0. The molecule has 2 rings (SSSR count). The maximum atomic E-state index is 10.9. The van der Waals surface area contributed by atoms with Gasteiger partial charge in [0, 0.05) is 30.5 Å². The summed E-state index contributed by atoms with van der Waals surface area (Å²) in [6.45, 7) is 2.03. The highest BCUT2D eigenvalue weighted by Crippen LogP contribution is 2.25. The number of hydrogen-bond acceptors (Lipinski definition) is 4. The van der Waals surface area contributed by atoms with E-state index < -0.39 is 0 Å². The highest BCUT2D eigenvalue weighted by molar-refractivity contribution is 8.22. The summed E-state index contributed by atoms with van der Waals surface area (Å²) in [4.78, 5) is 12.7. The van der Waals surface area contributed by atoms with E-state index in [0.29, 0.717) is 5.75 Å². The molecular formula is C12H14N2O2S2. The monoisotopic (exact) mass is 282 g/mol. The van der Waals surface area contributed by atoms with Crippen LogP contribution in [0.15, 0.2) is 24.3 Å². The molecule has 0 aliphatic carbocycles. The van der Waals surface area contributed by atoms with Gasteiger partial charge < -0.3 is 4.90 Å². The van der Waals surface area contributed by atoms with Crippen LogP contribution in [0.2, 0.25) is 0 Å². The molecule has 1 fully saturated rings. The van der Waals surface area contributed by atoms with Crippen molar-refractivity contribution < 1.29 is 4.92 Å². The normalized spacial score (nSPS) is 14.8. The lowest BCUT2D eigenvalue weighted by Crippen LogP contribution is -2.23. The van der Waals surface area contributed by atoms with Crippen molar-refractivity contribution in [1.82, 2.24) is 4.90 Å². The summed E-state index contributed by atoms with van der Waals surface area (Å²) in [5.74, 6) is 0.562. The van der Waals surface area contributed by atoms with Gasteiger partial charge in [0.05, 0.1) is 4.92 Å². The second-order valence-corrected chi connectivity index (χ2v) is 5.74. The number of hydrogen-bond donors (Lipinski definition) is 0. The Labute approximate surface area is 116 Å². The minimum absolute atomic E-state index is 0.175. The quantitative estimate of drug-likeness (QED) is 0.484. The molecular weight excluding hydrogens is 268 g/mol. The third kappa shape index (κ3) is 3.20. The maximum Gasteiger partial charge on any atom is 0.273 e. The molecule has 1 aromatic rings. The van der Waals surface area contributed by atoms with E-state index in [-0.39, 0.29) is 10.6 Å². The van der Waals surface area contributed by atoms with Gasteiger partial charge in [0.15, 0.2) is 0 Å². The van der Waals surface area contributed by atoms with Crippen molar-refractivity contribution in [3.8, 4) is 0 Å². The van der Waals surface area contributed by atoms with Gasteiger partial charge in [0.25, 0.3) is 5.69 Å². The lowest BCUT2D eigenvalue weighted by Gasteiger charge is -2.17. The minimum atomic E-state index is -0.338. The predicted octanol–water partition coefficient (Wildman–Crippen LogP) is 3.21. The Morgan fingerprint density at radius 2 is 2.06 bits per heavy atom. The third-order valence-electron chi connectivity index (χ3n) is 2.90. The second-order valence-electron chi connectivity index (χ2n) is 4.13. The second kappa shape index (κ2) is 6.15. The van der Waals surface area contributed by atoms with Crippen LogP contribution in [0.5, 0.6) is 0 Å². The van der Waals surface area contributed by atoms with Crippen molar-refractivity contribution in [2.45, 2.75) is 18.6 Å². The molecule has 4 nitrogen and oxygen atoms in total. The van der Waals surface area contributed by atoms with Crippen molar-refractivity contribution in [3.63, 3.8) is 0 Å². The molecule has 0 aromatic heterocycles. The highest BCUT2D eigenvalue weighted by atomic mass is 32.2. The van der Waals surface area contributed by atoms with E-state index in [1.54, 1.807) is 12.1 Å². The van der Waals surface area contributed by atoms with Crippen LogP contribution in [0.25, 0.3) is 0 Å². The summed E-state index contributed by atoms with van der Waals surface area (Å²) >= 11 is 6.85. The molecule has 0 radical (unpaired) electrons. The average molecular weight is 282 g/mol. The molecule has 1 aliphatic rings. The molecule has 0 bridgehead atoms. The molecule has 0 spiro atoms. The first-order chi connectivity index (χ1) is 8.68. The maximum absolute atomic E-state index is 10.9. The molecule has 1 saturated heterocycles. The molecule has 0 unspecified atom stereocenters. The van der Waals surface area contributed by atoms with E-state index in [1.807, 2.05) is 6.07 Å². The van der Waals surface area contributed by atoms with Gasteiger partial charge in [0.1, 0.15) is 4.32 Å². The predicted molar refractivity (Wildman–Crippen MR) is 77.8 cm³/mol. The Morgan fingerprint density at radius 1 is 1.39 bits per heavy atom. The van der Waals surface area contributed by atoms with E-state index in [4.69, 9.17) is 12.2 Å².